The molecule has 0 atom stereocenters. The fourth-order valence-electron chi connectivity index (χ4n) is 3.03. The molecule has 1 aliphatic rings. The van der Waals surface area contributed by atoms with E-state index >= 15 is 0 Å². The molecule has 1 fully saturated rings. The van der Waals surface area contributed by atoms with Crippen molar-refractivity contribution in [2.75, 3.05) is 32.8 Å². The SMILES string of the molecule is Cc1cc(OCCCC2CCN(O)CC2)ccc1C(=O)NCCN. The number of hydrogen-bond acceptors (Lipinski definition) is 5. The van der Waals surface area contributed by atoms with Crippen LogP contribution in [0.15, 0.2) is 18.2 Å². The summed E-state index contributed by atoms with van der Waals surface area (Å²) in [5, 5.41) is 13.5. The lowest BCUT2D eigenvalue weighted by Crippen LogP contribution is -2.30. The lowest BCUT2D eigenvalue weighted by molar-refractivity contribution is -0.112. The lowest BCUT2D eigenvalue weighted by Gasteiger charge is -2.27. The van der Waals surface area contributed by atoms with Crippen LogP contribution in [0.4, 0.5) is 0 Å². The molecule has 0 saturated carbocycles. The molecule has 0 bridgehead atoms. The van der Waals surface area contributed by atoms with Crippen LogP contribution >= 0.6 is 0 Å². The van der Waals surface area contributed by atoms with E-state index in [1.54, 1.807) is 6.07 Å². The molecule has 1 aliphatic heterocycles. The van der Waals surface area contributed by atoms with Crippen LogP contribution < -0.4 is 15.8 Å². The molecule has 1 heterocycles. The molecule has 134 valence electrons. The van der Waals surface area contributed by atoms with Gasteiger partial charge in [0.15, 0.2) is 0 Å². The van der Waals surface area contributed by atoms with E-state index in [9.17, 15) is 10.0 Å². The minimum absolute atomic E-state index is 0.0975. The average molecular weight is 335 g/mol. The second-order valence-electron chi connectivity index (χ2n) is 6.41. The quantitative estimate of drug-likeness (QED) is 0.632. The molecule has 1 aromatic carbocycles. The summed E-state index contributed by atoms with van der Waals surface area (Å²) < 4.78 is 5.80. The minimum atomic E-state index is -0.0975. The molecule has 1 saturated heterocycles. The van der Waals surface area contributed by atoms with Gasteiger partial charge in [-0.1, -0.05) is 0 Å². The third-order valence-electron chi connectivity index (χ3n) is 4.49. The molecule has 2 rings (SSSR count). The van der Waals surface area contributed by atoms with E-state index in [0.29, 0.717) is 31.2 Å². The van der Waals surface area contributed by atoms with Crippen molar-refractivity contribution in [1.29, 1.82) is 0 Å². The Labute approximate surface area is 143 Å². The number of ether oxygens (including phenoxy) is 1. The first-order chi connectivity index (χ1) is 11.6. The van der Waals surface area contributed by atoms with Crippen molar-refractivity contribution in [3.05, 3.63) is 29.3 Å². The first kappa shape index (κ1) is 18.7. The molecule has 4 N–H and O–H groups in total. The lowest BCUT2D eigenvalue weighted by atomic mass is 9.93. The van der Waals surface area contributed by atoms with Crippen molar-refractivity contribution in [1.82, 2.24) is 10.4 Å². The van der Waals surface area contributed by atoms with Crippen LogP contribution in [0.1, 0.15) is 41.6 Å². The number of nitrogens with two attached hydrogens (primary N) is 1. The number of nitrogens with zero attached hydrogens (tertiary/aromatic N) is 1. The van der Waals surface area contributed by atoms with Gasteiger partial charge in [0.1, 0.15) is 5.75 Å². The minimum Gasteiger partial charge on any atom is -0.494 e. The number of amides is 1. The zero-order valence-electron chi connectivity index (χ0n) is 14.5. The van der Waals surface area contributed by atoms with Crippen LogP contribution in [0, 0.1) is 12.8 Å². The van der Waals surface area contributed by atoms with Gasteiger partial charge in [0.25, 0.3) is 5.91 Å². The van der Waals surface area contributed by atoms with Gasteiger partial charge in [-0.25, -0.2) is 0 Å². The highest BCUT2D eigenvalue weighted by molar-refractivity contribution is 5.95. The number of carbonyl (C=O) groups excluding carboxylic acids is 1. The summed E-state index contributed by atoms with van der Waals surface area (Å²) in [5.41, 5.74) is 6.96. The Morgan fingerprint density at radius 2 is 2.17 bits per heavy atom. The van der Waals surface area contributed by atoms with Crippen molar-refractivity contribution in [3.8, 4) is 5.75 Å². The van der Waals surface area contributed by atoms with E-state index in [1.807, 2.05) is 19.1 Å². The Morgan fingerprint density at radius 1 is 1.42 bits per heavy atom. The zero-order chi connectivity index (χ0) is 17.4. The van der Waals surface area contributed by atoms with Crippen LogP contribution in [0.25, 0.3) is 0 Å². The highest BCUT2D eigenvalue weighted by Crippen LogP contribution is 2.22. The Hall–Kier alpha value is -1.63. The van der Waals surface area contributed by atoms with Gasteiger partial charge < -0.3 is 21.0 Å². The maximum absolute atomic E-state index is 12.0. The third kappa shape index (κ3) is 5.78. The number of aryl methyl sites for hydroxylation is 1. The monoisotopic (exact) mass is 335 g/mol. The van der Waals surface area contributed by atoms with Crippen LogP contribution in [-0.4, -0.2) is 49.0 Å². The number of carbonyl (C=O) groups is 1. The summed E-state index contributed by atoms with van der Waals surface area (Å²) in [6.45, 7) is 5.05. The number of nitrogens with one attached hydrogen (secondary N) is 1. The molecule has 1 aromatic rings. The normalized spacial score (nSPS) is 16.1. The van der Waals surface area contributed by atoms with E-state index in [-0.39, 0.29) is 5.91 Å². The fraction of sp³-hybridized carbons (Fsp3) is 0.611. The first-order valence-electron chi connectivity index (χ1n) is 8.75. The maximum Gasteiger partial charge on any atom is 0.251 e. The van der Waals surface area contributed by atoms with Crippen molar-refractivity contribution < 1.29 is 14.7 Å². The third-order valence-corrected chi connectivity index (χ3v) is 4.49. The highest BCUT2D eigenvalue weighted by Gasteiger charge is 2.17. The smallest absolute Gasteiger partial charge is 0.251 e. The molecule has 6 heteroatoms. The maximum atomic E-state index is 12.0. The molecule has 1 amide bonds. The molecular weight excluding hydrogens is 306 g/mol. The van der Waals surface area contributed by atoms with Gasteiger partial charge in [-0.05, 0) is 62.3 Å². The van der Waals surface area contributed by atoms with Crippen LogP contribution in [0.2, 0.25) is 0 Å². The predicted molar refractivity (Wildman–Crippen MR) is 93.4 cm³/mol. The van der Waals surface area contributed by atoms with E-state index in [2.05, 4.69) is 5.32 Å². The van der Waals surface area contributed by atoms with Crippen LogP contribution in [0.5, 0.6) is 5.75 Å². The second kappa shape index (κ2) is 9.61. The Bertz CT molecular complexity index is 528. The molecule has 6 nitrogen and oxygen atoms in total. The van der Waals surface area contributed by atoms with Crippen molar-refractivity contribution >= 4 is 5.91 Å². The first-order valence-corrected chi connectivity index (χ1v) is 8.75. The number of piperidine rings is 1. The number of hydrogen-bond donors (Lipinski definition) is 3. The van der Waals surface area contributed by atoms with E-state index in [1.165, 1.54) is 5.06 Å². The van der Waals surface area contributed by atoms with Gasteiger partial charge in [0, 0.05) is 31.7 Å². The van der Waals surface area contributed by atoms with E-state index < -0.39 is 0 Å². The van der Waals surface area contributed by atoms with Crippen LogP contribution in [-0.2, 0) is 0 Å². The molecule has 0 spiro atoms. The molecule has 0 aromatic heterocycles. The zero-order valence-corrected chi connectivity index (χ0v) is 14.5. The summed E-state index contributed by atoms with van der Waals surface area (Å²) in [6.07, 6.45) is 4.25. The summed E-state index contributed by atoms with van der Waals surface area (Å²) in [5.74, 6) is 1.39. The standard InChI is InChI=1S/C18H29N3O3/c1-14-13-16(4-5-17(14)18(22)20-9-8-19)24-12-2-3-15-6-10-21(23)11-7-15/h4-5,13,15,23H,2-3,6-12,19H2,1H3,(H,20,22). The van der Waals surface area contributed by atoms with Gasteiger partial charge in [0.2, 0.25) is 0 Å². The van der Waals surface area contributed by atoms with Crippen molar-refractivity contribution in [2.45, 2.75) is 32.6 Å². The van der Waals surface area contributed by atoms with E-state index in [4.69, 9.17) is 10.5 Å². The molecule has 0 aliphatic carbocycles. The van der Waals surface area contributed by atoms with Gasteiger partial charge in [-0.2, -0.15) is 5.06 Å². The number of benzene rings is 1. The van der Waals surface area contributed by atoms with Crippen LogP contribution in [0.3, 0.4) is 0 Å². The number of rotatable bonds is 8. The Kier molecular flexibility index (Phi) is 7.49. The average Bonchev–Trinajstić information content (AvgIpc) is 2.58. The van der Waals surface area contributed by atoms with Gasteiger partial charge >= 0.3 is 0 Å². The predicted octanol–water partition coefficient (Wildman–Crippen LogP) is 1.94. The van der Waals surface area contributed by atoms with Gasteiger partial charge in [0.05, 0.1) is 6.61 Å². The summed E-state index contributed by atoms with van der Waals surface area (Å²) >= 11 is 0. The number of hydroxylamine groups is 2. The van der Waals surface area contributed by atoms with Gasteiger partial charge in [-0.15, -0.1) is 0 Å². The molecule has 24 heavy (non-hydrogen) atoms. The summed E-state index contributed by atoms with van der Waals surface area (Å²) in [4.78, 5) is 12.0. The molecule has 0 unspecified atom stereocenters. The van der Waals surface area contributed by atoms with Crippen molar-refractivity contribution in [3.63, 3.8) is 0 Å². The van der Waals surface area contributed by atoms with E-state index in [0.717, 1.165) is 50.1 Å². The van der Waals surface area contributed by atoms with Gasteiger partial charge in [-0.3, -0.25) is 4.79 Å². The fourth-order valence-corrected chi connectivity index (χ4v) is 3.03. The highest BCUT2D eigenvalue weighted by atomic mass is 16.5. The second-order valence-corrected chi connectivity index (χ2v) is 6.41. The molecular formula is C18H29N3O3. The topological polar surface area (TPSA) is 87.8 Å². The Morgan fingerprint density at radius 3 is 2.83 bits per heavy atom. The van der Waals surface area contributed by atoms with Crippen molar-refractivity contribution in [2.24, 2.45) is 11.7 Å². The summed E-state index contributed by atoms with van der Waals surface area (Å²) in [7, 11) is 0. The summed E-state index contributed by atoms with van der Waals surface area (Å²) in [6, 6.07) is 5.55. The molecule has 0 radical (unpaired) electrons. The largest absolute Gasteiger partial charge is 0.494 e. The Balaban J connectivity index is 1.73.